The molecule has 0 spiro atoms. The molecule has 0 aromatic rings. The van der Waals surface area contributed by atoms with Crippen LogP contribution < -0.4 is 0 Å². The van der Waals surface area contributed by atoms with Gasteiger partial charge in [0.1, 0.15) is 0 Å². The van der Waals surface area contributed by atoms with Crippen LogP contribution in [0.1, 0.15) is 60.3 Å². The van der Waals surface area contributed by atoms with Crippen molar-refractivity contribution >= 4 is 26.7 Å². The molecule has 1 rings (SSSR count). The number of hydrogen-bond donors (Lipinski definition) is 0. The first-order chi connectivity index (χ1) is 10.6. The molecule has 2 atom stereocenters. The molecule has 0 aromatic carbocycles. The molecular weight excluding hydrogens is 412 g/mol. The van der Waals surface area contributed by atoms with Gasteiger partial charge in [-0.2, -0.15) is 0 Å². The van der Waals surface area contributed by atoms with Gasteiger partial charge in [-0.05, 0) is 0 Å². The molecule has 3 heteroatoms. The van der Waals surface area contributed by atoms with Crippen LogP contribution in [0.3, 0.4) is 0 Å². The van der Waals surface area contributed by atoms with Crippen molar-refractivity contribution < 1.29 is 3.10 Å². The standard InChI is InChI=1S/C20H40OSiTe/c1-9-10-11-12-19-20(13-14-22(6,7)8)23(21-19,15-17(2)3)16-18(4)5/h17-20H,9-12,15-16H2,1-8H3/t19-,20-/m0/s1. The van der Waals surface area contributed by atoms with E-state index in [1.165, 1.54) is 34.6 Å². The fourth-order valence-electron chi connectivity index (χ4n) is 3.34. The molecule has 136 valence electrons. The third-order valence-electron chi connectivity index (χ3n) is 4.03. The van der Waals surface area contributed by atoms with Gasteiger partial charge in [0.2, 0.25) is 0 Å². The quantitative estimate of drug-likeness (QED) is 0.233. The Bertz CT molecular complexity index is 404. The number of unbranched alkanes of at least 4 members (excludes halogenated alkanes) is 2. The summed E-state index contributed by atoms with van der Waals surface area (Å²) < 4.78 is 10.1. The minimum atomic E-state index is -2.30. The van der Waals surface area contributed by atoms with Gasteiger partial charge in [-0.15, -0.1) is 0 Å². The summed E-state index contributed by atoms with van der Waals surface area (Å²) in [6, 6.07) is 0. The Balaban J connectivity index is 2.95. The summed E-state index contributed by atoms with van der Waals surface area (Å²) in [6.45, 7) is 18.8. The van der Waals surface area contributed by atoms with Crippen molar-refractivity contribution in [2.24, 2.45) is 11.8 Å². The molecular formula is C20H40OSiTe. The topological polar surface area (TPSA) is 9.23 Å². The predicted molar refractivity (Wildman–Crippen MR) is 109 cm³/mol. The van der Waals surface area contributed by atoms with Crippen molar-refractivity contribution in [1.82, 2.24) is 0 Å². The molecule has 0 saturated carbocycles. The first kappa shape index (κ1) is 21.6. The van der Waals surface area contributed by atoms with E-state index in [1.54, 1.807) is 0 Å². The summed E-state index contributed by atoms with van der Waals surface area (Å²) in [5, 5.41) is 0. The Morgan fingerprint density at radius 2 is 1.57 bits per heavy atom. The van der Waals surface area contributed by atoms with Crippen LogP contribution in [0.4, 0.5) is 0 Å². The zero-order valence-corrected chi connectivity index (χ0v) is 20.2. The second-order valence-corrected chi connectivity index (χ2v) is 22.7. The molecule has 0 radical (unpaired) electrons. The Kier molecular flexibility index (Phi) is 8.71. The second kappa shape index (κ2) is 9.29. The molecule has 0 bridgehead atoms. The van der Waals surface area contributed by atoms with Gasteiger partial charge in [-0.1, -0.05) is 0 Å². The van der Waals surface area contributed by atoms with E-state index < -0.39 is 26.7 Å². The van der Waals surface area contributed by atoms with Crippen molar-refractivity contribution in [2.75, 3.05) is 0 Å². The molecule has 1 heterocycles. The average molecular weight is 452 g/mol. The SMILES string of the molecule is CCCCC[C@@H]1O[Te](CC(C)C)(CC(C)C)[C@H]1C#C[Si](C)(C)C. The van der Waals surface area contributed by atoms with Crippen LogP contribution in [-0.4, -0.2) is 32.8 Å². The van der Waals surface area contributed by atoms with E-state index in [2.05, 4.69) is 65.7 Å². The Morgan fingerprint density at radius 1 is 1.00 bits per heavy atom. The van der Waals surface area contributed by atoms with Gasteiger partial charge in [0.15, 0.2) is 0 Å². The number of rotatable bonds is 8. The van der Waals surface area contributed by atoms with Crippen molar-refractivity contribution in [3.05, 3.63) is 0 Å². The first-order valence-corrected chi connectivity index (χ1v) is 18.7. The third-order valence-corrected chi connectivity index (χ3v) is 17.6. The van der Waals surface area contributed by atoms with Gasteiger partial charge in [-0.25, -0.2) is 0 Å². The number of hydrogen-bond acceptors (Lipinski definition) is 1. The van der Waals surface area contributed by atoms with Gasteiger partial charge in [0.25, 0.3) is 0 Å². The van der Waals surface area contributed by atoms with Crippen LogP contribution in [0.25, 0.3) is 0 Å². The molecule has 0 aliphatic carbocycles. The summed E-state index contributed by atoms with van der Waals surface area (Å²) in [5.41, 5.74) is 3.70. The van der Waals surface area contributed by atoms with Crippen molar-refractivity contribution in [2.45, 2.75) is 99.0 Å². The predicted octanol–water partition coefficient (Wildman–Crippen LogP) is 6.47. The second-order valence-electron chi connectivity index (χ2n) is 9.06. The molecule has 1 nitrogen and oxygen atoms in total. The van der Waals surface area contributed by atoms with Crippen molar-refractivity contribution in [3.63, 3.8) is 0 Å². The minimum absolute atomic E-state index is 0.462. The third kappa shape index (κ3) is 7.11. The molecule has 1 aliphatic heterocycles. The van der Waals surface area contributed by atoms with E-state index >= 15 is 0 Å². The maximum absolute atomic E-state index is 6.78. The summed E-state index contributed by atoms with van der Waals surface area (Å²) >= 11 is -2.30. The van der Waals surface area contributed by atoms with E-state index in [-0.39, 0.29) is 0 Å². The van der Waals surface area contributed by atoms with Crippen LogP contribution >= 0.6 is 0 Å². The fourth-order valence-corrected chi connectivity index (χ4v) is 17.5. The van der Waals surface area contributed by atoms with Gasteiger partial charge >= 0.3 is 152 Å². The summed E-state index contributed by atoms with van der Waals surface area (Å²) in [5.74, 6) is 5.31. The van der Waals surface area contributed by atoms with E-state index in [0.29, 0.717) is 10.1 Å². The van der Waals surface area contributed by atoms with Crippen LogP contribution in [0.15, 0.2) is 0 Å². The normalized spacial score (nSPS) is 25.0. The zero-order chi connectivity index (χ0) is 17.7. The maximum atomic E-state index is 6.78. The molecule has 0 aromatic heterocycles. The first-order valence-electron chi connectivity index (χ1n) is 9.58. The molecule has 0 N–H and O–H groups in total. The Hall–Kier alpha value is 0.526. The van der Waals surface area contributed by atoms with Gasteiger partial charge in [0.05, 0.1) is 0 Å². The molecule has 23 heavy (non-hydrogen) atoms. The Morgan fingerprint density at radius 3 is 2.00 bits per heavy atom. The molecule has 1 fully saturated rings. The fraction of sp³-hybridized carbons (Fsp3) is 0.900. The van der Waals surface area contributed by atoms with E-state index in [9.17, 15) is 0 Å². The van der Waals surface area contributed by atoms with E-state index in [0.717, 1.165) is 11.8 Å². The molecule has 1 aliphatic rings. The average Bonchev–Trinajstić information content (AvgIpc) is 2.34. The van der Waals surface area contributed by atoms with Crippen LogP contribution in [0.5, 0.6) is 0 Å². The molecule has 1 saturated heterocycles. The van der Waals surface area contributed by atoms with Crippen molar-refractivity contribution in [1.29, 1.82) is 0 Å². The Labute approximate surface area is 151 Å². The van der Waals surface area contributed by atoms with Crippen molar-refractivity contribution in [3.8, 4) is 11.5 Å². The molecule has 0 unspecified atom stereocenters. The zero-order valence-electron chi connectivity index (χ0n) is 16.9. The van der Waals surface area contributed by atoms with Gasteiger partial charge < -0.3 is 0 Å². The monoisotopic (exact) mass is 454 g/mol. The summed E-state index contributed by atoms with van der Waals surface area (Å²) in [4.78, 5) is 0. The molecule has 0 amide bonds. The van der Waals surface area contributed by atoms with Gasteiger partial charge in [0, 0.05) is 0 Å². The van der Waals surface area contributed by atoms with Crippen LogP contribution in [0.2, 0.25) is 32.5 Å². The summed E-state index contributed by atoms with van der Waals surface area (Å²) in [7, 11) is -1.30. The summed E-state index contributed by atoms with van der Waals surface area (Å²) in [6.07, 6.45) is 5.65. The van der Waals surface area contributed by atoms with E-state index in [4.69, 9.17) is 3.10 Å². The van der Waals surface area contributed by atoms with Crippen LogP contribution in [-0.2, 0) is 3.10 Å². The van der Waals surface area contributed by atoms with E-state index in [1.807, 2.05) is 0 Å². The van der Waals surface area contributed by atoms with Crippen LogP contribution in [0, 0.1) is 23.3 Å². The van der Waals surface area contributed by atoms with Gasteiger partial charge in [-0.3, -0.25) is 0 Å².